The molecule has 1 aromatic carbocycles. The summed E-state index contributed by atoms with van der Waals surface area (Å²) in [6.45, 7) is 3.36. The van der Waals surface area contributed by atoms with E-state index in [9.17, 15) is 5.11 Å². The minimum atomic E-state index is -0.268. The number of nitrogens with zero attached hydrogens (tertiary/aromatic N) is 1. The van der Waals surface area contributed by atoms with Crippen molar-refractivity contribution in [3.05, 3.63) is 58.3 Å². The van der Waals surface area contributed by atoms with Crippen LogP contribution >= 0.6 is 11.3 Å². The number of rotatable bonds is 5. The van der Waals surface area contributed by atoms with Crippen LogP contribution in [-0.4, -0.2) is 23.1 Å². The fourth-order valence-corrected chi connectivity index (χ4v) is 3.86. The van der Waals surface area contributed by atoms with Crippen LogP contribution in [0.25, 0.3) is 0 Å². The summed E-state index contributed by atoms with van der Waals surface area (Å²) in [5, 5.41) is 12.3. The highest BCUT2D eigenvalue weighted by atomic mass is 32.1. The highest BCUT2D eigenvalue weighted by Crippen LogP contribution is 2.30. The van der Waals surface area contributed by atoms with Crippen LogP contribution in [0.4, 0.5) is 0 Å². The van der Waals surface area contributed by atoms with E-state index in [1.165, 1.54) is 18.4 Å². The van der Waals surface area contributed by atoms with E-state index in [2.05, 4.69) is 35.2 Å². The quantitative estimate of drug-likeness (QED) is 0.899. The van der Waals surface area contributed by atoms with E-state index in [0.29, 0.717) is 5.92 Å². The third kappa shape index (κ3) is 4.16. The third-order valence-electron chi connectivity index (χ3n) is 4.38. The molecule has 0 aliphatic carbocycles. The van der Waals surface area contributed by atoms with Gasteiger partial charge in [-0.3, -0.25) is 4.90 Å². The van der Waals surface area contributed by atoms with Gasteiger partial charge in [-0.1, -0.05) is 36.4 Å². The van der Waals surface area contributed by atoms with Gasteiger partial charge in [0, 0.05) is 11.4 Å². The van der Waals surface area contributed by atoms with E-state index in [1.807, 2.05) is 17.5 Å². The first-order valence-electron chi connectivity index (χ1n) is 7.79. The van der Waals surface area contributed by atoms with E-state index in [1.54, 1.807) is 11.3 Å². The summed E-state index contributed by atoms with van der Waals surface area (Å²) >= 11 is 1.66. The maximum atomic E-state index is 10.3. The first kappa shape index (κ1) is 14.8. The molecule has 1 fully saturated rings. The molecule has 0 unspecified atom stereocenters. The van der Waals surface area contributed by atoms with Crippen molar-refractivity contribution in [2.24, 2.45) is 5.92 Å². The van der Waals surface area contributed by atoms with Crippen LogP contribution in [0.15, 0.2) is 47.8 Å². The van der Waals surface area contributed by atoms with Crippen molar-refractivity contribution in [3.63, 3.8) is 0 Å². The van der Waals surface area contributed by atoms with Gasteiger partial charge in [0.25, 0.3) is 0 Å². The Bertz CT molecular complexity index is 517. The number of aliphatic hydroxyl groups is 1. The maximum Gasteiger partial charge on any atom is 0.0884 e. The summed E-state index contributed by atoms with van der Waals surface area (Å²) in [7, 11) is 0. The average Bonchev–Trinajstić information content (AvgIpc) is 3.05. The lowest BCUT2D eigenvalue weighted by Gasteiger charge is -2.32. The molecular weight excluding hydrogens is 278 g/mol. The van der Waals surface area contributed by atoms with E-state index < -0.39 is 0 Å². The number of benzene rings is 1. The van der Waals surface area contributed by atoms with E-state index in [-0.39, 0.29) is 6.10 Å². The average molecular weight is 301 g/mol. The summed E-state index contributed by atoms with van der Waals surface area (Å²) in [6.07, 6.45) is 3.06. The molecule has 3 rings (SSSR count). The molecule has 2 nitrogen and oxygen atoms in total. The normalized spacial score (nSPS) is 18.7. The van der Waals surface area contributed by atoms with Gasteiger partial charge in [-0.2, -0.15) is 0 Å². The molecule has 21 heavy (non-hydrogen) atoms. The number of aliphatic hydroxyl groups excluding tert-OH is 1. The monoisotopic (exact) mass is 301 g/mol. The number of hydrogen-bond donors (Lipinski definition) is 1. The Kier molecular flexibility index (Phi) is 5.07. The van der Waals surface area contributed by atoms with Gasteiger partial charge in [0.15, 0.2) is 0 Å². The zero-order chi connectivity index (χ0) is 14.5. The van der Waals surface area contributed by atoms with Crippen LogP contribution < -0.4 is 0 Å². The van der Waals surface area contributed by atoms with Crippen LogP contribution in [0.1, 0.15) is 35.8 Å². The lowest BCUT2D eigenvalue weighted by atomic mass is 9.90. The van der Waals surface area contributed by atoms with E-state index in [0.717, 1.165) is 30.9 Å². The number of likely N-dealkylation sites (tertiary alicyclic amines) is 1. The first-order chi connectivity index (χ1) is 10.3. The second-order valence-corrected chi connectivity index (χ2v) is 6.95. The van der Waals surface area contributed by atoms with Gasteiger partial charge in [-0.05, 0) is 55.3 Å². The smallest absolute Gasteiger partial charge is 0.0884 e. The van der Waals surface area contributed by atoms with Gasteiger partial charge in [-0.25, -0.2) is 0 Å². The minimum absolute atomic E-state index is 0.268. The highest BCUT2D eigenvalue weighted by Gasteiger charge is 2.22. The van der Waals surface area contributed by atoms with Crippen LogP contribution in [0, 0.1) is 5.92 Å². The Morgan fingerprint density at radius 2 is 1.86 bits per heavy atom. The predicted molar refractivity (Wildman–Crippen MR) is 88.3 cm³/mol. The van der Waals surface area contributed by atoms with E-state index >= 15 is 0 Å². The summed E-state index contributed by atoms with van der Waals surface area (Å²) in [5.74, 6) is 0.661. The summed E-state index contributed by atoms with van der Waals surface area (Å²) in [4.78, 5) is 3.64. The van der Waals surface area contributed by atoms with Crippen LogP contribution in [0.5, 0.6) is 0 Å². The molecule has 1 aliphatic rings. The fraction of sp³-hybridized carbons (Fsp3) is 0.444. The van der Waals surface area contributed by atoms with Crippen LogP contribution in [0.3, 0.4) is 0 Å². The molecule has 1 atom stereocenters. The largest absolute Gasteiger partial charge is 0.388 e. The fourth-order valence-electron chi connectivity index (χ4n) is 3.13. The van der Waals surface area contributed by atoms with Crippen molar-refractivity contribution in [3.8, 4) is 0 Å². The van der Waals surface area contributed by atoms with Gasteiger partial charge in [0.1, 0.15) is 0 Å². The number of piperidine rings is 1. The molecule has 0 amide bonds. The molecule has 1 aliphatic heterocycles. The van der Waals surface area contributed by atoms with Gasteiger partial charge >= 0.3 is 0 Å². The topological polar surface area (TPSA) is 23.5 Å². The van der Waals surface area contributed by atoms with Crippen molar-refractivity contribution in [2.45, 2.75) is 31.9 Å². The highest BCUT2D eigenvalue weighted by molar-refractivity contribution is 7.10. The predicted octanol–water partition coefficient (Wildman–Crippen LogP) is 4.08. The van der Waals surface area contributed by atoms with Crippen LogP contribution in [-0.2, 0) is 6.54 Å². The Balaban J connectivity index is 1.45. The third-order valence-corrected chi connectivity index (χ3v) is 5.36. The zero-order valence-corrected chi connectivity index (χ0v) is 13.1. The minimum Gasteiger partial charge on any atom is -0.388 e. The Morgan fingerprint density at radius 3 is 2.52 bits per heavy atom. The molecule has 0 radical (unpaired) electrons. The van der Waals surface area contributed by atoms with Gasteiger partial charge in [0.2, 0.25) is 0 Å². The lowest BCUT2D eigenvalue weighted by Crippen LogP contribution is -2.33. The second-order valence-electron chi connectivity index (χ2n) is 5.97. The lowest BCUT2D eigenvalue weighted by molar-refractivity contribution is 0.108. The van der Waals surface area contributed by atoms with Crippen molar-refractivity contribution >= 4 is 11.3 Å². The molecule has 0 spiro atoms. The van der Waals surface area contributed by atoms with Gasteiger partial charge in [-0.15, -0.1) is 11.3 Å². The summed E-state index contributed by atoms with van der Waals surface area (Å²) < 4.78 is 0. The molecule has 1 aromatic heterocycles. The zero-order valence-electron chi connectivity index (χ0n) is 12.3. The molecule has 0 saturated carbocycles. The summed E-state index contributed by atoms with van der Waals surface area (Å²) in [5.41, 5.74) is 1.40. The number of thiophene rings is 1. The van der Waals surface area contributed by atoms with Crippen LogP contribution in [0.2, 0.25) is 0 Å². The van der Waals surface area contributed by atoms with Crippen molar-refractivity contribution in [2.75, 3.05) is 13.1 Å². The maximum absolute atomic E-state index is 10.3. The molecule has 112 valence electrons. The Hall–Kier alpha value is -1.16. The molecular formula is C18H23NOS. The SMILES string of the molecule is O[C@H](CC1CCN(Cc2ccccc2)CC1)c1cccs1. The standard InChI is InChI=1S/C18H23NOS/c20-17(18-7-4-12-21-18)13-15-8-10-19(11-9-15)14-16-5-2-1-3-6-16/h1-7,12,15,17,20H,8-11,13-14H2/t17-/m1/s1. The van der Waals surface area contributed by atoms with E-state index in [4.69, 9.17) is 0 Å². The van der Waals surface area contributed by atoms with Gasteiger partial charge < -0.3 is 5.11 Å². The molecule has 0 bridgehead atoms. The van der Waals surface area contributed by atoms with Crippen molar-refractivity contribution < 1.29 is 5.11 Å². The van der Waals surface area contributed by atoms with Gasteiger partial charge in [0.05, 0.1) is 6.10 Å². The molecule has 1 saturated heterocycles. The van der Waals surface area contributed by atoms with Crippen molar-refractivity contribution in [1.82, 2.24) is 4.90 Å². The molecule has 2 heterocycles. The molecule has 2 aromatic rings. The Morgan fingerprint density at radius 1 is 1.10 bits per heavy atom. The summed E-state index contributed by atoms with van der Waals surface area (Å²) in [6, 6.07) is 14.8. The second kappa shape index (κ2) is 7.21. The van der Waals surface area contributed by atoms with Crippen molar-refractivity contribution in [1.29, 1.82) is 0 Å². The Labute approximate surface area is 131 Å². The molecule has 3 heteroatoms. The first-order valence-corrected chi connectivity index (χ1v) is 8.67. The molecule has 1 N–H and O–H groups in total. The number of hydrogen-bond acceptors (Lipinski definition) is 3.